The second-order valence-electron chi connectivity index (χ2n) is 3.58. The highest BCUT2D eigenvalue weighted by molar-refractivity contribution is 6.00. The van der Waals surface area contributed by atoms with E-state index in [9.17, 15) is 14.4 Å². The summed E-state index contributed by atoms with van der Waals surface area (Å²) in [4.78, 5) is 32.9. The lowest BCUT2D eigenvalue weighted by Gasteiger charge is -2.17. The van der Waals surface area contributed by atoms with Crippen LogP contribution in [0.4, 0.5) is 0 Å². The second kappa shape index (κ2) is 4.90. The summed E-state index contributed by atoms with van der Waals surface area (Å²) < 4.78 is 0. The molecular formula is C10H16O3. The summed E-state index contributed by atoms with van der Waals surface area (Å²) in [6.07, 6.45) is 0.295. The van der Waals surface area contributed by atoms with E-state index in [2.05, 4.69) is 0 Å². The van der Waals surface area contributed by atoms with Gasteiger partial charge >= 0.3 is 0 Å². The molecule has 13 heavy (non-hydrogen) atoms. The van der Waals surface area contributed by atoms with Gasteiger partial charge in [0.2, 0.25) is 0 Å². The van der Waals surface area contributed by atoms with Gasteiger partial charge in [0.1, 0.15) is 17.3 Å². The summed E-state index contributed by atoms with van der Waals surface area (Å²) in [5, 5.41) is 0. The summed E-state index contributed by atoms with van der Waals surface area (Å²) in [5.74, 6) is -1.07. The number of hydrogen-bond donors (Lipinski definition) is 0. The molecule has 0 amide bonds. The topological polar surface area (TPSA) is 51.2 Å². The van der Waals surface area contributed by atoms with Crippen LogP contribution in [-0.4, -0.2) is 17.3 Å². The molecule has 0 aliphatic carbocycles. The van der Waals surface area contributed by atoms with Crippen molar-refractivity contribution in [3.8, 4) is 0 Å². The Bertz CT molecular complexity index is 216. The van der Waals surface area contributed by atoms with E-state index in [1.165, 1.54) is 20.8 Å². The molecular weight excluding hydrogens is 168 g/mol. The van der Waals surface area contributed by atoms with Gasteiger partial charge in [-0.25, -0.2) is 0 Å². The first kappa shape index (κ1) is 12.0. The maximum Gasteiger partial charge on any atom is 0.140 e. The van der Waals surface area contributed by atoms with Gasteiger partial charge in [-0.2, -0.15) is 0 Å². The van der Waals surface area contributed by atoms with E-state index >= 15 is 0 Å². The molecule has 0 fully saturated rings. The van der Waals surface area contributed by atoms with Crippen LogP contribution >= 0.6 is 0 Å². The van der Waals surface area contributed by atoms with Crippen molar-refractivity contribution in [2.24, 2.45) is 11.8 Å². The van der Waals surface area contributed by atoms with Crippen LogP contribution in [0.5, 0.6) is 0 Å². The third kappa shape index (κ3) is 3.97. The number of ketones is 3. The normalized spacial score (nSPS) is 12.7. The Morgan fingerprint density at radius 3 is 1.62 bits per heavy atom. The van der Waals surface area contributed by atoms with Crippen LogP contribution in [0, 0.1) is 11.8 Å². The van der Waals surface area contributed by atoms with E-state index < -0.39 is 5.92 Å². The maximum absolute atomic E-state index is 11.1. The van der Waals surface area contributed by atoms with Crippen molar-refractivity contribution in [2.45, 2.75) is 34.1 Å². The third-order valence-electron chi connectivity index (χ3n) is 2.05. The van der Waals surface area contributed by atoms with Crippen LogP contribution in [0.1, 0.15) is 34.1 Å². The summed E-state index contributed by atoms with van der Waals surface area (Å²) in [7, 11) is 0. The number of hydrogen-bond acceptors (Lipinski definition) is 3. The van der Waals surface area contributed by atoms with Crippen LogP contribution < -0.4 is 0 Å². The Hall–Kier alpha value is -0.990. The first-order valence-corrected chi connectivity index (χ1v) is 4.36. The van der Waals surface area contributed by atoms with Crippen molar-refractivity contribution < 1.29 is 14.4 Å². The van der Waals surface area contributed by atoms with E-state index in [1.807, 2.05) is 0 Å². The average Bonchev–Trinajstić information content (AvgIpc) is 1.81. The summed E-state index contributed by atoms with van der Waals surface area (Å²) in [6.45, 7) is 6.01. The number of carbonyl (C=O) groups excluding carboxylic acids is 3. The van der Waals surface area contributed by atoms with E-state index in [4.69, 9.17) is 0 Å². The predicted molar refractivity (Wildman–Crippen MR) is 49.3 cm³/mol. The SMILES string of the molecule is CC(=O)CC(C)C(C(C)=O)C(C)=O. The summed E-state index contributed by atoms with van der Waals surface area (Å²) in [5.41, 5.74) is 0. The number of Topliss-reactive ketones (excluding diaryl/α,β-unsaturated/α-hetero) is 3. The molecule has 0 aromatic heterocycles. The lowest BCUT2D eigenvalue weighted by molar-refractivity contribution is -0.132. The van der Waals surface area contributed by atoms with Gasteiger partial charge in [0, 0.05) is 6.42 Å². The molecule has 0 bridgehead atoms. The molecule has 0 saturated carbocycles. The molecule has 0 saturated heterocycles. The van der Waals surface area contributed by atoms with Crippen molar-refractivity contribution in [3.05, 3.63) is 0 Å². The fourth-order valence-corrected chi connectivity index (χ4v) is 1.66. The Kier molecular flexibility index (Phi) is 4.52. The van der Waals surface area contributed by atoms with Crippen LogP contribution in [0.3, 0.4) is 0 Å². The van der Waals surface area contributed by atoms with Gasteiger partial charge < -0.3 is 4.79 Å². The molecule has 1 unspecified atom stereocenters. The van der Waals surface area contributed by atoms with Crippen LogP contribution in [0.2, 0.25) is 0 Å². The van der Waals surface area contributed by atoms with Crippen LogP contribution in [0.15, 0.2) is 0 Å². The molecule has 0 radical (unpaired) electrons. The zero-order valence-electron chi connectivity index (χ0n) is 8.59. The molecule has 0 heterocycles. The van der Waals surface area contributed by atoms with Gasteiger partial charge in [0.15, 0.2) is 0 Å². The lowest BCUT2D eigenvalue weighted by Crippen LogP contribution is -2.27. The molecule has 3 nitrogen and oxygen atoms in total. The van der Waals surface area contributed by atoms with Gasteiger partial charge in [0.05, 0.1) is 5.92 Å². The number of rotatable bonds is 5. The Morgan fingerprint density at radius 1 is 1.00 bits per heavy atom. The minimum absolute atomic E-state index is 0.0139. The second-order valence-corrected chi connectivity index (χ2v) is 3.58. The fraction of sp³-hybridized carbons (Fsp3) is 0.700. The van der Waals surface area contributed by atoms with Crippen molar-refractivity contribution in [2.75, 3.05) is 0 Å². The Balaban J connectivity index is 4.46. The van der Waals surface area contributed by atoms with Gasteiger partial charge in [-0.05, 0) is 26.7 Å². The van der Waals surface area contributed by atoms with E-state index in [0.29, 0.717) is 6.42 Å². The van der Waals surface area contributed by atoms with E-state index in [1.54, 1.807) is 6.92 Å². The quantitative estimate of drug-likeness (QED) is 0.607. The zero-order valence-corrected chi connectivity index (χ0v) is 8.59. The van der Waals surface area contributed by atoms with Crippen LogP contribution in [-0.2, 0) is 14.4 Å². The van der Waals surface area contributed by atoms with Gasteiger partial charge in [-0.15, -0.1) is 0 Å². The molecule has 0 aromatic rings. The zero-order chi connectivity index (χ0) is 10.6. The smallest absolute Gasteiger partial charge is 0.140 e. The van der Waals surface area contributed by atoms with Gasteiger partial charge in [-0.1, -0.05) is 6.92 Å². The summed E-state index contributed by atoms with van der Waals surface area (Å²) >= 11 is 0. The molecule has 1 atom stereocenters. The van der Waals surface area contributed by atoms with Gasteiger partial charge in [0.25, 0.3) is 0 Å². The average molecular weight is 184 g/mol. The fourth-order valence-electron chi connectivity index (χ4n) is 1.66. The van der Waals surface area contributed by atoms with Crippen molar-refractivity contribution in [1.82, 2.24) is 0 Å². The molecule has 0 aromatic carbocycles. The van der Waals surface area contributed by atoms with Crippen LogP contribution in [0.25, 0.3) is 0 Å². The Morgan fingerprint density at radius 2 is 1.38 bits per heavy atom. The molecule has 3 heteroatoms. The molecule has 0 aliphatic rings. The minimum Gasteiger partial charge on any atom is -0.300 e. The third-order valence-corrected chi connectivity index (χ3v) is 2.05. The largest absolute Gasteiger partial charge is 0.300 e. The van der Waals surface area contributed by atoms with E-state index in [-0.39, 0.29) is 23.3 Å². The maximum atomic E-state index is 11.1. The standard InChI is InChI=1S/C10H16O3/c1-6(5-7(2)11)10(8(3)12)9(4)13/h6,10H,5H2,1-4H3. The molecule has 0 spiro atoms. The lowest BCUT2D eigenvalue weighted by atomic mass is 9.84. The monoisotopic (exact) mass is 184 g/mol. The van der Waals surface area contributed by atoms with Crippen molar-refractivity contribution in [1.29, 1.82) is 0 Å². The molecule has 0 rings (SSSR count). The molecule has 74 valence electrons. The van der Waals surface area contributed by atoms with Crippen molar-refractivity contribution in [3.63, 3.8) is 0 Å². The first-order valence-electron chi connectivity index (χ1n) is 4.36. The summed E-state index contributed by atoms with van der Waals surface area (Å²) in [6, 6.07) is 0. The number of carbonyl (C=O) groups is 3. The molecule has 0 N–H and O–H groups in total. The van der Waals surface area contributed by atoms with Gasteiger partial charge in [-0.3, -0.25) is 9.59 Å². The van der Waals surface area contributed by atoms with Crippen molar-refractivity contribution >= 4 is 17.3 Å². The highest BCUT2D eigenvalue weighted by atomic mass is 16.1. The highest BCUT2D eigenvalue weighted by Crippen LogP contribution is 2.17. The Labute approximate surface area is 78.5 Å². The predicted octanol–water partition coefficient (Wildman–Crippen LogP) is 1.40. The minimum atomic E-state index is -0.608. The van der Waals surface area contributed by atoms with E-state index in [0.717, 1.165) is 0 Å². The molecule has 0 aliphatic heterocycles. The first-order chi connectivity index (χ1) is 5.86. The highest BCUT2D eigenvalue weighted by Gasteiger charge is 2.26.